The van der Waals surface area contributed by atoms with E-state index in [2.05, 4.69) is 73.0 Å². The molecule has 2 atom stereocenters. The number of benzene rings is 2. The van der Waals surface area contributed by atoms with Gasteiger partial charge in [-0.3, -0.25) is 4.58 Å². The lowest BCUT2D eigenvalue weighted by Gasteiger charge is -2.15. The van der Waals surface area contributed by atoms with E-state index in [-0.39, 0.29) is 12.1 Å². The monoisotopic (exact) mass is 321 g/mol. The van der Waals surface area contributed by atoms with Crippen LogP contribution in [0.5, 0.6) is 0 Å². The molecule has 1 N–H and O–H groups in total. The van der Waals surface area contributed by atoms with Crippen LogP contribution in [-0.2, 0) is 6.42 Å². The van der Waals surface area contributed by atoms with E-state index in [1.54, 1.807) is 0 Å². The van der Waals surface area contributed by atoms with Gasteiger partial charge in [-0.1, -0.05) is 42.0 Å². The second-order valence-electron chi connectivity index (χ2n) is 7.21. The number of fused-ring (bicyclic) bond motifs is 1. The number of aliphatic hydroxyl groups excluding tert-OH is 1. The van der Waals surface area contributed by atoms with Gasteiger partial charge in [0.25, 0.3) is 0 Å². The molecule has 0 bridgehead atoms. The fourth-order valence-electron chi connectivity index (χ4n) is 4.48. The minimum Gasteiger partial charge on any atom is -0.388 e. The minimum atomic E-state index is -0.321. The first kappa shape index (κ1) is 15.4. The molecule has 0 radical (unpaired) electrons. The maximum absolute atomic E-state index is 10.6. The van der Waals surface area contributed by atoms with Crippen LogP contribution in [0.3, 0.4) is 0 Å². The average molecular weight is 321 g/mol. The van der Waals surface area contributed by atoms with E-state index >= 15 is 0 Å². The van der Waals surface area contributed by atoms with Gasteiger partial charge < -0.3 is 5.11 Å². The normalized spacial score (nSPS) is 22.7. The van der Waals surface area contributed by atoms with Crippen LogP contribution in [0.2, 0.25) is 0 Å². The molecule has 2 aliphatic rings. The average Bonchev–Trinajstić information content (AvgIpc) is 3.09. The van der Waals surface area contributed by atoms with Crippen molar-refractivity contribution in [2.45, 2.75) is 39.3 Å². The summed E-state index contributed by atoms with van der Waals surface area (Å²) in [5, 5.41) is 10.6. The summed E-state index contributed by atoms with van der Waals surface area (Å²) in [5.41, 5.74) is 7.81. The predicted molar refractivity (Wildman–Crippen MR) is 98.1 cm³/mol. The van der Waals surface area contributed by atoms with E-state index in [1.165, 1.54) is 33.5 Å². The number of hydrogen-bond acceptors (Lipinski definition) is 2. The highest BCUT2D eigenvalue weighted by Crippen LogP contribution is 2.35. The summed E-state index contributed by atoms with van der Waals surface area (Å²) in [5.74, 6) is 0. The highest BCUT2D eigenvalue weighted by Gasteiger charge is 2.39. The molecule has 1 aliphatic carbocycles. The SMILES string of the molecule is Cc1cc(C)c(N2C=[N+]([C@H]3c4ccccc4C[C@@H]3O)CC2)c(C)c1. The quantitative estimate of drug-likeness (QED) is 0.860. The van der Waals surface area contributed by atoms with Crippen molar-refractivity contribution in [3.8, 4) is 0 Å². The number of rotatable bonds is 2. The van der Waals surface area contributed by atoms with Crippen molar-refractivity contribution >= 4 is 12.0 Å². The van der Waals surface area contributed by atoms with Crippen LogP contribution in [0.1, 0.15) is 33.9 Å². The third-order valence-corrected chi connectivity index (χ3v) is 5.33. The number of aryl methyl sites for hydroxylation is 3. The Bertz CT molecular complexity index is 801. The minimum absolute atomic E-state index is 0.0808. The van der Waals surface area contributed by atoms with Crippen LogP contribution in [0.4, 0.5) is 5.69 Å². The van der Waals surface area contributed by atoms with Gasteiger partial charge in [-0.25, -0.2) is 4.90 Å². The van der Waals surface area contributed by atoms with Crippen molar-refractivity contribution in [1.29, 1.82) is 0 Å². The van der Waals surface area contributed by atoms with Gasteiger partial charge in [-0.2, -0.15) is 0 Å². The third kappa shape index (κ3) is 2.44. The highest BCUT2D eigenvalue weighted by molar-refractivity contribution is 5.81. The molecule has 1 aliphatic heterocycles. The van der Waals surface area contributed by atoms with Crippen LogP contribution in [-0.4, -0.2) is 35.2 Å². The molecule has 2 aromatic carbocycles. The summed E-state index contributed by atoms with van der Waals surface area (Å²) >= 11 is 0. The molecular weight excluding hydrogens is 296 g/mol. The first-order valence-corrected chi connectivity index (χ1v) is 8.75. The number of hydrogen-bond donors (Lipinski definition) is 1. The zero-order valence-electron chi connectivity index (χ0n) is 14.7. The fraction of sp³-hybridized carbons (Fsp3) is 0.381. The largest absolute Gasteiger partial charge is 0.388 e. The van der Waals surface area contributed by atoms with Gasteiger partial charge in [0, 0.05) is 12.0 Å². The summed E-state index contributed by atoms with van der Waals surface area (Å²) in [4.78, 5) is 2.34. The lowest BCUT2D eigenvalue weighted by atomic mass is 10.0. The van der Waals surface area contributed by atoms with Gasteiger partial charge in [-0.05, 0) is 37.5 Å². The van der Waals surface area contributed by atoms with Gasteiger partial charge in [0.15, 0.2) is 0 Å². The van der Waals surface area contributed by atoms with Gasteiger partial charge >= 0.3 is 0 Å². The molecule has 0 fully saturated rings. The standard InChI is InChI=1S/C21H25N2O/c1-14-10-15(2)20(16(3)11-14)22-8-9-23(13-22)21-18-7-5-4-6-17(18)12-19(21)24/h4-7,10-11,13,19,21,24H,8-9,12H2,1-3H3/q+1/t19-,21-/m0/s1. The molecule has 1 heterocycles. The lowest BCUT2D eigenvalue weighted by Crippen LogP contribution is -2.26. The topological polar surface area (TPSA) is 26.5 Å². The molecule has 3 nitrogen and oxygen atoms in total. The highest BCUT2D eigenvalue weighted by atomic mass is 16.3. The van der Waals surface area contributed by atoms with Gasteiger partial charge in [0.2, 0.25) is 6.34 Å². The zero-order valence-corrected chi connectivity index (χ0v) is 14.7. The van der Waals surface area contributed by atoms with E-state index in [4.69, 9.17) is 0 Å². The maximum atomic E-state index is 10.6. The van der Waals surface area contributed by atoms with E-state index in [1.807, 2.05) is 0 Å². The van der Waals surface area contributed by atoms with Crippen LogP contribution in [0.15, 0.2) is 36.4 Å². The van der Waals surface area contributed by atoms with Crippen LogP contribution in [0.25, 0.3) is 0 Å². The Balaban J connectivity index is 1.69. The molecule has 0 saturated heterocycles. The Morgan fingerprint density at radius 3 is 2.54 bits per heavy atom. The smallest absolute Gasteiger partial charge is 0.240 e. The molecule has 3 heteroatoms. The second-order valence-corrected chi connectivity index (χ2v) is 7.21. The van der Waals surface area contributed by atoms with Crippen molar-refractivity contribution < 1.29 is 9.68 Å². The van der Waals surface area contributed by atoms with Crippen molar-refractivity contribution in [3.05, 3.63) is 64.2 Å². The van der Waals surface area contributed by atoms with Crippen molar-refractivity contribution in [1.82, 2.24) is 0 Å². The molecule has 0 saturated carbocycles. The van der Waals surface area contributed by atoms with Gasteiger partial charge in [0.1, 0.15) is 30.9 Å². The maximum Gasteiger partial charge on any atom is 0.240 e. The Kier molecular flexibility index (Phi) is 3.69. The van der Waals surface area contributed by atoms with Crippen molar-refractivity contribution in [2.75, 3.05) is 18.0 Å². The summed E-state index contributed by atoms with van der Waals surface area (Å²) < 4.78 is 2.31. The number of nitrogens with zero attached hydrogens (tertiary/aromatic N) is 2. The van der Waals surface area contributed by atoms with Gasteiger partial charge in [-0.15, -0.1) is 0 Å². The first-order valence-electron chi connectivity index (χ1n) is 8.75. The Morgan fingerprint density at radius 2 is 1.79 bits per heavy atom. The van der Waals surface area contributed by atoms with Crippen LogP contribution in [0, 0.1) is 20.8 Å². The molecule has 24 heavy (non-hydrogen) atoms. The van der Waals surface area contributed by atoms with Gasteiger partial charge in [0.05, 0.1) is 0 Å². The van der Waals surface area contributed by atoms with Crippen LogP contribution >= 0.6 is 0 Å². The van der Waals surface area contributed by atoms with E-state index < -0.39 is 0 Å². The van der Waals surface area contributed by atoms with E-state index in [9.17, 15) is 5.11 Å². The molecule has 0 spiro atoms. The molecular formula is C21H25N2O+. The molecule has 0 amide bonds. The molecule has 4 rings (SSSR count). The molecule has 0 aromatic heterocycles. The summed E-state index contributed by atoms with van der Waals surface area (Å²) in [7, 11) is 0. The van der Waals surface area contributed by atoms with Crippen molar-refractivity contribution in [2.24, 2.45) is 0 Å². The predicted octanol–water partition coefficient (Wildman–Crippen LogP) is 3.13. The van der Waals surface area contributed by atoms with E-state index in [0.29, 0.717) is 0 Å². The third-order valence-electron chi connectivity index (χ3n) is 5.33. The van der Waals surface area contributed by atoms with Crippen molar-refractivity contribution in [3.63, 3.8) is 0 Å². The lowest BCUT2D eigenvalue weighted by molar-refractivity contribution is -0.568. The Hall–Kier alpha value is -2.13. The second kappa shape index (κ2) is 5.75. The molecule has 124 valence electrons. The molecule has 2 aromatic rings. The Labute approximate surface area is 143 Å². The fourth-order valence-corrected chi connectivity index (χ4v) is 4.48. The summed E-state index contributed by atoms with van der Waals surface area (Å²) in [6.07, 6.45) is 2.65. The summed E-state index contributed by atoms with van der Waals surface area (Å²) in [6.45, 7) is 8.44. The number of aliphatic hydroxyl groups is 1. The summed E-state index contributed by atoms with van der Waals surface area (Å²) in [6, 6.07) is 13.0. The Morgan fingerprint density at radius 1 is 1.08 bits per heavy atom. The first-order chi connectivity index (χ1) is 11.5. The number of anilines is 1. The van der Waals surface area contributed by atoms with Crippen LogP contribution < -0.4 is 4.90 Å². The molecule has 0 unspecified atom stereocenters. The zero-order chi connectivity index (χ0) is 16.8. The van der Waals surface area contributed by atoms with E-state index in [0.717, 1.165) is 19.5 Å².